The summed E-state index contributed by atoms with van der Waals surface area (Å²) < 4.78 is 26.8. The third kappa shape index (κ3) is 2.22. The standard InChI is InChI=1S/C16H16O6/c1-18-12-4-9(5-13(19-2)16(12)20-3)11-6-10(17)7-14-15(11)22-8-21-14/h4-7,17H,8H2,1-3H3. The van der Waals surface area contributed by atoms with Crippen molar-refractivity contribution in [1.29, 1.82) is 0 Å². The zero-order chi connectivity index (χ0) is 15.7. The van der Waals surface area contributed by atoms with Crippen LogP contribution >= 0.6 is 0 Å². The van der Waals surface area contributed by atoms with Gasteiger partial charge < -0.3 is 28.8 Å². The van der Waals surface area contributed by atoms with Gasteiger partial charge in [0.25, 0.3) is 0 Å². The van der Waals surface area contributed by atoms with E-state index in [2.05, 4.69) is 0 Å². The van der Waals surface area contributed by atoms with Crippen LogP contribution in [0.4, 0.5) is 0 Å². The van der Waals surface area contributed by atoms with Crippen LogP contribution in [0, 0.1) is 0 Å². The van der Waals surface area contributed by atoms with E-state index in [1.165, 1.54) is 6.07 Å². The van der Waals surface area contributed by atoms with Gasteiger partial charge in [-0.3, -0.25) is 0 Å². The third-order valence-electron chi connectivity index (χ3n) is 3.43. The molecular formula is C16H16O6. The van der Waals surface area contributed by atoms with Crippen molar-refractivity contribution in [2.24, 2.45) is 0 Å². The molecule has 6 nitrogen and oxygen atoms in total. The van der Waals surface area contributed by atoms with Crippen LogP contribution < -0.4 is 23.7 Å². The first-order chi connectivity index (χ1) is 10.7. The van der Waals surface area contributed by atoms with Gasteiger partial charge in [0.1, 0.15) is 5.75 Å². The number of phenols is 1. The van der Waals surface area contributed by atoms with Gasteiger partial charge in [0.05, 0.1) is 21.3 Å². The van der Waals surface area contributed by atoms with Gasteiger partial charge in [-0.25, -0.2) is 0 Å². The molecule has 0 saturated heterocycles. The molecule has 22 heavy (non-hydrogen) atoms. The summed E-state index contributed by atoms with van der Waals surface area (Å²) in [6.45, 7) is 0.121. The van der Waals surface area contributed by atoms with E-state index < -0.39 is 0 Å². The topological polar surface area (TPSA) is 66.4 Å². The van der Waals surface area contributed by atoms with Crippen molar-refractivity contribution in [3.05, 3.63) is 24.3 Å². The molecule has 3 rings (SSSR count). The second kappa shape index (κ2) is 5.55. The second-order valence-electron chi connectivity index (χ2n) is 4.64. The van der Waals surface area contributed by atoms with Crippen molar-refractivity contribution in [3.63, 3.8) is 0 Å². The minimum Gasteiger partial charge on any atom is -0.508 e. The van der Waals surface area contributed by atoms with Gasteiger partial charge in [-0.05, 0) is 23.8 Å². The number of aromatic hydroxyl groups is 1. The average molecular weight is 304 g/mol. The van der Waals surface area contributed by atoms with Gasteiger partial charge >= 0.3 is 0 Å². The molecule has 0 bridgehead atoms. The van der Waals surface area contributed by atoms with Gasteiger partial charge in [-0.1, -0.05) is 0 Å². The SMILES string of the molecule is COc1cc(-c2cc(O)cc3c2OCO3)cc(OC)c1OC. The quantitative estimate of drug-likeness (QED) is 0.937. The molecule has 116 valence electrons. The Kier molecular flexibility index (Phi) is 3.58. The first-order valence-electron chi connectivity index (χ1n) is 6.61. The van der Waals surface area contributed by atoms with E-state index in [0.717, 1.165) is 5.56 Å². The maximum Gasteiger partial charge on any atom is 0.231 e. The Hall–Kier alpha value is -2.76. The zero-order valence-electron chi connectivity index (χ0n) is 12.5. The molecule has 0 fully saturated rings. The van der Waals surface area contributed by atoms with E-state index in [9.17, 15) is 5.11 Å². The van der Waals surface area contributed by atoms with E-state index in [4.69, 9.17) is 23.7 Å². The third-order valence-corrected chi connectivity index (χ3v) is 3.43. The minimum absolute atomic E-state index is 0.0907. The molecule has 0 aliphatic carbocycles. The summed E-state index contributed by atoms with van der Waals surface area (Å²) in [7, 11) is 4.64. The molecule has 1 aliphatic rings. The molecule has 1 aliphatic heterocycles. The molecule has 1 heterocycles. The molecule has 2 aromatic carbocycles. The van der Waals surface area contributed by atoms with Gasteiger partial charge in [-0.2, -0.15) is 0 Å². The molecule has 0 spiro atoms. The molecule has 0 amide bonds. The van der Waals surface area contributed by atoms with Gasteiger partial charge in [-0.15, -0.1) is 0 Å². The number of rotatable bonds is 4. The highest BCUT2D eigenvalue weighted by molar-refractivity contribution is 5.79. The monoisotopic (exact) mass is 304 g/mol. The van der Waals surface area contributed by atoms with Crippen LogP contribution in [0.15, 0.2) is 24.3 Å². The van der Waals surface area contributed by atoms with E-state index in [1.54, 1.807) is 39.5 Å². The van der Waals surface area contributed by atoms with E-state index in [-0.39, 0.29) is 12.5 Å². The van der Waals surface area contributed by atoms with Crippen LogP contribution in [0.1, 0.15) is 0 Å². The highest BCUT2D eigenvalue weighted by Crippen LogP contribution is 2.48. The zero-order valence-corrected chi connectivity index (χ0v) is 12.5. The summed E-state index contributed by atoms with van der Waals surface area (Å²) in [4.78, 5) is 0. The van der Waals surface area contributed by atoms with Crippen molar-refractivity contribution in [3.8, 4) is 45.6 Å². The lowest BCUT2D eigenvalue weighted by atomic mass is 10.0. The Balaban J connectivity index is 2.21. The molecule has 0 radical (unpaired) electrons. The number of fused-ring (bicyclic) bond motifs is 1. The van der Waals surface area contributed by atoms with Gasteiger partial charge in [0.2, 0.25) is 12.5 Å². The number of phenolic OH excluding ortho intramolecular Hbond substituents is 1. The molecular weight excluding hydrogens is 288 g/mol. The lowest BCUT2D eigenvalue weighted by Gasteiger charge is -2.15. The summed E-state index contributed by atoms with van der Waals surface area (Å²) >= 11 is 0. The van der Waals surface area contributed by atoms with Crippen molar-refractivity contribution >= 4 is 0 Å². The summed E-state index contributed by atoms with van der Waals surface area (Å²) in [5.41, 5.74) is 1.44. The van der Waals surface area contributed by atoms with Gasteiger partial charge in [0, 0.05) is 11.6 Å². The second-order valence-corrected chi connectivity index (χ2v) is 4.64. The molecule has 1 N–H and O–H groups in total. The fraction of sp³-hybridized carbons (Fsp3) is 0.250. The highest BCUT2D eigenvalue weighted by Gasteiger charge is 2.23. The Bertz CT molecular complexity index is 685. The number of hydrogen-bond acceptors (Lipinski definition) is 6. The molecule has 0 atom stereocenters. The van der Waals surface area contributed by atoms with E-state index in [1.807, 2.05) is 0 Å². The fourth-order valence-corrected chi connectivity index (χ4v) is 2.45. The maximum atomic E-state index is 9.87. The first-order valence-corrected chi connectivity index (χ1v) is 6.61. The number of benzene rings is 2. The number of methoxy groups -OCH3 is 3. The summed E-state index contributed by atoms with van der Waals surface area (Å²) in [6.07, 6.45) is 0. The van der Waals surface area contributed by atoms with Crippen LogP contribution in [0.3, 0.4) is 0 Å². The molecule has 0 unspecified atom stereocenters. The van der Waals surface area contributed by atoms with Crippen LogP contribution in [0.2, 0.25) is 0 Å². The summed E-state index contributed by atoms with van der Waals surface area (Å²) in [6, 6.07) is 6.70. The fourth-order valence-electron chi connectivity index (χ4n) is 2.45. The summed E-state index contributed by atoms with van der Waals surface area (Å²) in [5.74, 6) is 2.72. The number of hydrogen-bond donors (Lipinski definition) is 1. The summed E-state index contributed by atoms with van der Waals surface area (Å²) in [5, 5.41) is 9.87. The van der Waals surface area contributed by atoms with Crippen molar-refractivity contribution in [2.75, 3.05) is 28.1 Å². The number of ether oxygens (including phenoxy) is 5. The lowest BCUT2D eigenvalue weighted by molar-refractivity contribution is 0.174. The Morgan fingerprint density at radius 2 is 1.59 bits per heavy atom. The van der Waals surface area contributed by atoms with E-state index in [0.29, 0.717) is 34.3 Å². The van der Waals surface area contributed by atoms with Crippen LogP contribution in [-0.4, -0.2) is 33.2 Å². The van der Waals surface area contributed by atoms with Gasteiger partial charge in [0.15, 0.2) is 23.0 Å². The molecule has 2 aromatic rings. The van der Waals surface area contributed by atoms with Crippen LogP contribution in [-0.2, 0) is 0 Å². The molecule has 0 aromatic heterocycles. The normalized spacial score (nSPS) is 12.1. The Labute approximate surface area is 127 Å². The highest BCUT2D eigenvalue weighted by atomic mass is 16.7. The maximum absolute atomic E-state index is 9.87. The largest absolute Gasteiger partial charge is 0.508 e. The lowest BCUT2D eigenvalue weighted by Crippen LogP contribution is -1.96. The van der Waals surface area contributed by atoms with Crippen molar-refractivity contribution < 1.29 is 28.8 Å². The van der Waals surface area contributed by atoms with Crippen molar-refractivity contribution in [1.82, 2.24) is 0 Å². The molecule has 0 saturated carbocycles. The predicted octanol–water partition coefficient (Wildman–Crippen LogP) is 2.81. The molecule has 6 heteroatoms. The predicted molar refractivity (Wildman–Crippen MR) is 79.3 cm³/mol. The Morgan fingerprint density at radius 3 is 2.18 bits per heavy atom. The van der Waals surface area contributed by atoms with Crippen molar-refractivity contribution in [2.45, 2.75) is 0 Å². The minimum atomic E-state index is 0.0907. The Morgan fingerprint density at radius 1 is 0.909 bits per heavy atom. The van der Waals surface area contributed by atoms with Crippen LogP contribution in [0.5, 0.6) is 34.5 Å². The van der Waals surface area contributed by atoms with Crippen LogP contribution in [0.25, 0.3) is 11.1 Å². The average Bonchev–Trinajstić information content (AvgIpc) is 3.00. The smallest absolute Gasteiger partial charge is 0.231 e. The first kappa shape index (κ1) is 14.2. The van der Waals surface area contributed by atoms with E-state index >= 15 is 0 Å².